The predicted octanol–water partition coefficient (Wildman–Crippen LogP) is 3.22. The van der Waals surface area contributed by atoms with Crippen LogP contribution < -0.4 is 10.6 Å². The van der Waals surface area contributed by atoms with Crippen LogP contribution in [0.4, 0.5) is 0 Å². The molecule has 0 unspecified atom stereocenters. The second-order valence-electron chi connectivity index (χ2n) is 8.34. The van der Waals surface area contributed by atoms with Gasteiger partial charge in [0.1, 0.15) is 0 Å². The molecular weight excluding hydrogens is 272 g/mol. The molecule has 0 aromatic carbocycles. The maximum atomic E-state index is 4.85. The van der Waals surface area contributed by atoms with Crippen LogP contribution in [0, 0.1) is 0 Å². The average molecular weight is 309 g/mol. The fourth-order valence-electron chi connectivity index (χ4n) is 3.35. The van der Waals surface area contributed by atoms with Gasteiger partial charge in [-0.2, -0.15) is 0 Å². The van der Waals surface area contributed by atoms with Crippen molar-refractivity contribution < 1.29 is 0 Å². The maximum Gasteiger partial charge on any atom is 0.0595 e. The summed E-state index contributed by atoms with van der Waals surface area (Å²) in [6.07, 6.45) is 1.94. The van der Waals surface area contributed by atoms with Crippen molar-refractivity contribution in [3.63, 3.8) is 0 Å². The molecule has 4 heteroatoms. The van der Waals surface area contributed by atoms with E-state index in [1.807, 2.05) is 0 Å². The fourth-order valence-corrected chi connectivity index (χ4v) is 3.35. The predicted molar refractivity (Wildman–Crippen MR) is 98.5 cm³/mol. The van der Waals surface area contributed by atoms with Crippen molar-refractivity contribution in [1.29, 1.82) is 0 Å². The quantitative estimate of drug-likeness (QED) is 0.722. The molecule has 2 N–H and O–H groups in total. The molecule has 0 saturated heterocycles. The highest BCUT2D eigenvalue weighted by Gasteiger charge is 2.23. The minimum Gasteiger partial charge on any atom is -0.309 e. The van der Waals surface area contributed by atoms with Gasteiger partial charge >= 0.3 is 0 Å². The largest absolute Gasteiger partial charge is 0.309 e. The zero-order chi connectivity index (χ0) is 17.0. The molecule has 0 fully saturated rings. The number of hydrogen-bond acceptors (Lipinski definition) is 4. The third kappa shape index (κ3) is 7.50. The Labute approximate surface area is 137 Å². The lowest BCUT2D eigenvalue weighted by molar-refractivity contribution is 0.353. The van der Waals surface area contributed by atoms with Gasteiger partial charge in [-0.05, 0) is 55.4 Å². The Morgan fingerprint density at radius 2 is 1.55 bits per heavy atom. The molecule has 0 saturated carbocycles. The second-order valence-corrected chi connectivity index (χ2v) is 8.34. The summed E-state index contributed by atoms with van der Waals surface area (Å²) in [5.41, 5.74) is 2.54. The van der Waals surface area contributed by atoms with Crippen molar-refractivity contribution in [2.45, 2.75) is 91.4 Å². The first-order chi connectivity index (χ1) is 9.99. The number of nitrogens with zero attached hydrogens (tertiary/aromatic N) is 2. The smallest absolute Gasteiger partial charge is 0.0595 e. The normalized spacial score (nSPS) is 30.9. The van der Waals surface area contributed by atoms with E-state index < -0.39 is 0 Å². The Hall–Kier alpha value is -0.740. The zero-order valence-electron chi connectivity index (χ0n) is 15.9. The lowest BCUT2D eigenvalue weighted by Crippen LogP contribution is -2.48. The van der Waals surface area contributed by atoms with Crippen LogP contribution in [0.3, 0.4) is 0 Å². The molecular formula is C18H36N4. The Bertz CT molecular complexity index is 421. The van der Waals surface area contributed by atoms with Gasteiger partial charge in [0.25, 0.3) is 0 Å². The van der Waals surface area contributed by atoms with Crippen LogP contribution >= 0.6 is 0 Å². The number of aliphatic imine (C=N–C) groups is 2. The van der Waals surface area contributed by atoms with Crippen LogP contribution in [0.25, 0.3) is 0 Å². The van der Waals surface area contributed by atoms with E-state index in [9.17, 15) is 0 Å². The van der Waals surface area contributed by atoms with Crippen LogP contribution in [0.15, 0.2) is 9.98 Å². The maximum absolute atomic E-state index is 4.85. The lowest BCUT2D eigenvalue weighted by Gasteiger charge is -2.31. The fraction of sp³-hybridized carbons (Fsp3) is 0.889. The monoisotopic (exact) mass is 308 g/mol. The molecule has 0 bridgehead atoms. The summed E-state index contributed by atoms with van der Waals surface area (Å²) in [5.74, 6) is 0. The van der Waals surface area contributed by atoms with Crippen LogP contribution in [0.1, 0.15) is 68.2 Å². The highest BCUT2D eigenvalue weighted by atomic mass is 15.0. The van der Waals surface area contributed by atoms with E-state index in [-0.39, 0.29) is 11.1 Å². The van der Waals surface area contributed by atoms with Gasteiger partial charge in [-0.25, -0.2) is 0 Å². The zero-order valence-corrected chi connectivity index (χ0v) is 15.9. The van der Waals surface area contributed by atoms with E-state index in [4.69, 9.17) is 9.98 Å². The number of hydrogen-bond donors (Lipinski definition) is 2. The topological polar surface area (TPSA) is 48.8 Å². The van der Waals surface area contributed by atoms with Crippen LogP contribution in [0.5, 0.6) is 0 Å². The Kier molecular flexibility index (Phi) is 6.75. The average Bonchev–Trinajstić information content (AvgIpc) is 2.31. The van der Waals surface area contributed by atoms with Gasteiger partial charge < -0.3 is 10.6 Å². The van der Waals surface area contributed by atoms with E-state index in [0.717, 1.165) is 25.9 Å². The van der Waals surface area contributed by atoms with Crippen molar-refractivity contribution >= 4 is 11.4 Å². The minimum absolute atomic E-state index is 0.0486. The summed E-state index contributed by atoms with van der Waals surface area (Å²) in [6, 6.07) is 0.668. The standard InChI is InChI=1S/C18H36N4/c1-13-9-17(5,6)20-12-15(3)21-14(2)10-18(7,8)22-16(4)11-19-13/h15-16,20,22H,9-12H2,1-8H3/t15-,16+/m1/s1. The summed E-state index contributed by atoms with van der Waals surface area (Å²) < 4.78 is 0. The second kappa shape index (κ2) is 7.69. The van der Waals surface area contributed by atoms with Gasteiger partial charge in [-0.1, -0.05) is 0 Å². The Morgan fingerprint density at radius 1 is 0.955 bits per heavy atom. The van der Waals surface area contributed by atoms with Gasteiger partial charge in [-0.3, -0.25) is 9.98 Å². The summed E-state index contributed by atoms with van der Waals surface area (Å²) in [6.45, 7) is 19.4. The number of rotatable bonds is 0. The lowest BCUT2D eigenvalue weighted by atomic mass is 9.95. The summed E-state index contributed by atoms with van der Waals surface area (Å²) >= 11 is 0. The van der Waals surface area contributed by atoms with E-state index in [0.29, 0.717) is 12.1 Å². The highest BCUT2D eigenvalue weighted by Crippen LogP contribution is 2.14. The van der Waals surface area contributed by atoms with Crippen LogP contribution in [-0.2, 0) is 0 Å². The van der Waals surface area contributed by atoms with Crippen LogP contribution in [-0.4, -0.2) is 47.7 Å². The highest BCUT2D eigenvalue weighted by molar-refractivity contribution is 5.83. The molecule has 1 heterocycles. The molecule has 0 aromatic rings. The Balaban J connectivity index is 2.93. The van der Waals surface area contributed by atoms with Crippen molar-refractivity contribution in [1.82, 2.24) is 10.6 Å². The van der Waals surface area contributed by atoms with Crippen molar-refractivity contribution in [3.8, 4) is 0 Å². The van der Waals surface area contributed by atoms with Gasteiger partial charge in [0.05, 0.1) is 12.6 Å². The molecule has 1 rings (SSSR count). The van der Waals surface area contributed by atoms with Crippen molar-refractivity contribution in [2.24, 2.45) is 9.98 Å². The van der Waals surface area contributed by atoms with E-state index in [2.05, 4.69) is 66.0 Å². The van der Waals surface area contributed by atoms with E-state index in [1.54, 1.807) is 0 Å². The van der Waals surface area contributed by atoms with Crippen molar-refractivity contribution in [2.75, 3.05) is 13.1 Å². The van der Waals surface area contributed by atoms with E-state index in [1.165, 1.54) is 11.4 Å². The van der Waals surface area contributed by atoms with E-state index >= 15 is 0 Å². The summed E-state index contributed by atoms with van der Waals surface area (Å²) in [7, 11) is 0. The molecule has 2 atom stereocenters. The third-order valence-corrected chi connectivity index (χ3v) is 3.98. The molecule has 0 amide bonds. The molecule has 4 nitrogen and oxygen atoms in total. The third-order valence-electron chi connectivity index (χ3n) is 3.98. The van der Waals surface area contributed by atoms with Crippen LogP contribution in [0.2, 0.25) is 0 Å². The molecule has 0 aliphatic carbocycles. The Morgan fingerprint density at radius 3 is 2.18 bits per heavy atom. The molecule has 22 heavy (non-hydrogen) atoms. The van der Waals surface area contributed by atoms with Gasteiger partial charge in [-0.15, -0.1) is 0 Å². The first-order valence-corrected chi connectivity index (χ1v) is 8.55. The van der Waals surface area contributed by atoms with Gasteiger partial charge in [0.2, 0.25) is 0 Å². The molecule has 128 valence electrons. The number of nitrogens with one attached hydrogen (secondary N) is 2. The van der Waals surface area contributed by atoms with Gasteiger partial charge in [0.15, 0.2) is 0 Å². The SMILES string of the molecule is CC1=NC[C@H](C)NC(C)(C)CC(C)=N[C@H](C)CNC(C)(C)C1. The first kappa shape index (κ1) is 19.3. The molecule has 0 aromatic heterocycles. The van der Waals surface area contributed by atoms with Gasteiger partial charge in [0, 0.05) is 47.9 Å². The molecule has 0 radical (unpaired) electrons. The van der Waals surface area contributed by atoms with Crippen molar-refractivity contribution in [3.05, 3.63) is 0 Å². The molecule has 0 spiro atoms. The summed E-state index contributed by atoms with van der Waals surface area (Å²) in [4.78, 5) is 9.63. The molecule has 1 aliphatic rings. The first-order valence-electron chi connectivity index (χ1n) is 8.55. The summed E-state index contributed by atoms with van der Waals surface area (Å²) in [5, 5.41) is 7.34. The minimum atomic E-state index is 0.0486. The molecule has 1 aliphatic heterocycles.